The summed E-state index contributed by atoms with van der Waals surface area (Å²) >= 11 is 0. The van der Waals surface area contributed by atoms with Gasteiger partial charge >= 0.3 is 0 Å². The summed E-state index contributed by atoms with van der Waals surface area (Å²) < 4.78 is 25.3. The molecule has 2 amide bonds. The van der Waals surface area contributed by atoms with Crippen molar-refractivity contribution in [2.45, 2.75) is 17.7 Å². The summed E-state index contributed by atoms with van der Waals surface area (Å²) in [5.74, 6) is 0.0653. The lowest BCUT2D eigenvalue weighted by Gasteiger charge is -2.32. The molecule has 1 aromatic carbocycles. The van der Waals surface area contributed by atoms with Crippen LogP contribution in [0.5, 0.6) is 0 Å². The van der Waals surface area contributed by atoms with Crippen molar-refractivity contribution in [3.63, 3.8) is 0 Å². The number of rotatable bonds is 6. The molecule has 2 heterocycles. The second kappa shape index (κ2) is 9.36. The number of nitrogens with one attached hydrogen (secondary N) is 1. The Kier molecular flexibility index (Phi) is 6.84. The largest absolute Gasteiger partial charge is 0.352 e. The van der Waals surface area contributed by atoms with Crippen LogP contribution in [0.3, 0.4) is 0 Å². The molecule has 0 atom stereocenters. The average molecular weight is 431 g/mol. The molecule has 0 saturated carbocycles. The van der Waals surface area contributed by atoms with E-state index in [2.05, 4.69) is 10.3 Å². The maximum absolute atomic E-state index is 12.5. The molecule has 1 aliphatic rings. The summed E-state index contributed by atoms with van der Waals surface area (Å²) in [5.41, 5.74) is 1.05. The molecule has 9 heteroatoms. The number of aromatic nitrogens is 1. The van der Waals surface area contributed by atoms with Crippen molar-refractivity contribution in [3.05, 3.63) is 59.9 Å². The van der Waals surface area contributed by atoms with E-state index in [9.17, 15) is 18.0 Å². The molecule has 2 aromatic rings. The van der Waals surface area contributed by atoms with Crippen LogP contribution in [0, 0.1) is 5.92 Å². The quantitative estimate of drug-likeness (QED) is 0.751. The molecule has 1 N–H and O–H groups in total. The van der Waals surface area contributed by atoms with Crippen molar-refractivity contribution in [2.75, 3.05) is 33.7 Å². The maximum atomic E-state index is 12.5. The fourth-order valence-electron chi connectivity index (χ4n) is 3.35. The Bertz CT molecular complexity index is 983. The molecule has 160 valence electrons. The molecular weight excluding hydrogens is 404 g/mol. The number of sulfonamides is 1. The Morgan fingerprint density at radius 3 is 2.20 bits per heavy atom. The van der Waals surface area contributed by atoms with Crippen molar-refractivity contribution in [2.24, 2.45) is 5.92 Å². The van der Waals surface area contributed by atoms with Gasteiger partial charge in [0.15, 0.2) is 0 Å². The fraction of sp³-hybridized carbons (Fsp3) is 0.381. The van der Waals surface area contributed by atoms with Crippen molar-refractivity contribution in [3.8, 4) is 0 Å². The minimum atomic E-state index is -3.52. The number of benzene rings is 1. The van der Waals surface area contributed by atoms with Gasteiger partial charge in [-0.15, -0.1) is 0 Å². The minimum absolute atomic E-state index is 0.00708. The van der Waals surface area contributed by atoms with Gasteiger partial charge in [-0.2, -0.15) is 0 Å². The van der Waals surface area contributed by atoms with E-state index >= 15 is 0 Å². The van der Waals surface area contributed by atoms with Crippen LogP contribution >= 0.6 is 0 Å². The van der Waals surface area contributed by atoms with E-state index in [1.165, 1.54) is 38.4 Å². The van der Waals surface area contributed by atoms with E-state index < -0.39 is 10.0 Å². The second-order valence-electron chi connectivity index (χ2n) is 7.49. The Morgan fingerprint density at radius 1 is 1.03 bits per heavy atom. The van der Waals surface area contributed by atoms with Crippen molar-refractivity contribution in [1.29, 1.82) is 0 Å². The van der Waals surface area contributed by atoms with Gasteiger partial charge in [0, 0.05) is 57.3 Å². The van der Waals surface area contributed by atoms with Crippen LogP contribution in [0.4, 0.5) is 0 Å². The van der Waals surface area contributed by atoms with E-state index in [0.29, 0.717) is 36.7 Å². The number of likely N-dealkylation sites (tertiary alicyclic amines) is 1. The highest BCUT2D eigenvalue weighted by atomic mass is 32.2. The number of pyridine rings is 1. The molecule has 1 aromatic heterocycles. The average Bonchev–Trinajstić information content (AvgIpc) is 2.78. The highest BCUT2D eigenvalue weighted by Gasteiger charge is 2.24. The topological polar surface area (TPSA) is 99.7 Å². The minimum Gasteiger partial charge on any atom is -0.352 e. The van der Waals surface area contributed by atoms with Crippen LogP contribution in [0.1, 0.15) is 33.6 Å². The zero-order valence-electron chi connectivity index (χ0n) is 17.1. The SMILES string of the molecule is CN(C)S(=O)(=O)c1ccc(C(=O)NCC2CCN(C(=O)c3ccncc3)CC2)cc1. The molecule has 1 fully saturated rings. The van der Waals surface area contributed by atoms with Crippen LogP contribution in [-0.2, 0) is 10.0 Å². The predicted molar refractivity (Wildman–Crippen MR) is 113 cm³/mol. The summed E-state index contributed by atoms with van der Waals surface area (Å²) in [4.78, 5) is 30.8. The molecule has 1 aliphatic heterocycles. The van der Waals surface area contributed by atoms with Gasteiger partial charge in [0.1, 0.15) is 0 Å². The zero-order chi connectivity index (χ0) is 21.7. The lowest BCUT2D eigenvalue weighted by molar-refractivity contribution is 0.0684. The molecule has 8 nitrogen and oxygen atoms in total. The van der Waals surface area contributed by atoms with Crippen LogP contribution < -0.4 is 5.32 Å². The first-order valence-corrected chi connectivity index (χ1v) is 11.2. The third kappa shape index (κ3) is 5.03. The van der Waals surface area contributed by atoms with Gasteiger partial charge in [-0.05, 0) is 55.2 Å². The number of hydrogen-bond donors (Lipinski definition) is 1. The van der Waals surface area contributed by atoms with E-state index in [-0.39, 0.29) is 16.7 Å². The number of carbonyl (C=O) groups is 2. The molecule has 3 rings (SSSR count). The first kappa shape index (κ1) is 21.9. The van der Waals surface area contributed by atoms with Crippen LogP contribution in [0.15, 0.2) is 53.7 Å². The molecular formula is C21H26N4O4S. The first-order valence-electron chi connectivity index (χ1n) is 9.79. The highest BCUT2D eigenvalue weighted by molar-refractivity contribution is 7.89. The molecule has 0 unspecified atom stereocenters. The van der Waals surface area contributed by atoms with Crippen molar-refractivity contribution in [1.82, 2.24) is 19.5 Å². The first-order chi connectivity index (χ1) is 14.3. The smallest absolute Gasteiger partial charge is 0.253 e. The van der Waals surface area contributed by atoms with E-state index in [1.807, 2.05) is 4.90 Å². The molecule has 0 spiro atoms. The predicted octanol–water partition coefficient (Wildman–Crippen LogP) is 1.61. The maximum Gasteiger partial charge on any atom is 0.253 e. The monoisotopic (exact) mass is 430 g/mol. The second-order valence-corrected chi connectivity index (χ2v) is 9.65. The van der Waals surface area contributed by atoms with E-state index in [4.69, 9.17) is 0 Å². The van der Waals surface area contributed by atoms with Gasteiger partial charge in [-0.25, -0.2) is 12.7 Å². The number of amides is 2. The van der Waals surface area contributed by atoms with Crippen LogP contribution in [-0.4, -0.2) is 68.2 Å². The van der Waals surface area contributed by atoms with Gasteiger partial charge < -0.3 is 10.2 Å². The van der Waals surface area contributed by atoms with Gasteiger partial charge in [0.2, 0.25) is 10.0 Å². The Labute approximate surface area is 177 Å². The van der Waals surface area contributed by atoms with Crippen LogP contribution in [0.2, 0.25) is 0 Å². The Morgan fingerprint density at radius 2 is 1.63 bits per heavy atom. The van der Waals surface area contributed by atoms with Gasteiger partial charge in [0.05, 0.1) is 4.90 Å². The Hall–Kier alpha value is -2.78. The summed E-state index contributed by atoms with van der Waals surface area (Å²) in [6.45, 7) is 1.82. The molecule has 0 radical (unpaired) electrons. The summed E-state index contributed by atoms with van der Waals surface area (Å²) in [5, 5.41) is 2.91. The molecule has 0 aliphatic carbocycles. The van der Waals surface area contributed by atoms with Gasteiger partial charge in [-0.3, -0.25) is 14.6 Å². The number of carbonyl (C=O) groups excluding carboxylic acids is 2. The van der Waals surface area contributed by atoms with Crippen molar-refractivity contribution >= 4 is 21.8 Å². The summed E-state index contributed by atoms with van der Waals surface area (Å²) in [6, 6.07) is 9.33. The fourth-order valence-corrected chi connectivity index (χ4v) is 4.25. The normalized spacial score (nSPS) is 15.2. The van der Waals surface area contributed by atoms with E-state index in [0.717, 1.165) is 17.1 Å². The van der Waals surface area contributed by atoms with Crippen LogP contribution in [0.25, 0.3) is 0 Å². The van der Waals surface area contributed by atoms with Crippen molar-refractivity contribution < 1.29 is 18.0 Å². The summed E-state index contributed by atoms with van der Waals surface area (Å²) in [7, 11) is -0.587. The lowest BCUT2D eigenvalue weighted by Crippen LogP contribution is -2.41. The molecule has 1 saturated heterocycles. The molecule has 0 bridgehead atoms. The third-order valence-corrected chi connectivity index (χ3v) is 7.10. The van der Waals surface area contributed by atoms with Gasteiger partial charge in [0.25, 0.3) is 11.8 Å². The van der Waals surface area contributed by atoms with Gasteiger partial charge in [-0.1, -0.05) is 0 Å². The highest BCUT2D eigenvalue weighted by Crippen LogP contribution is 2.19. The zero-order valence-corrected chi connectivity index (χ0v) is 17.9. The summed E-state index contributed by atoms with van der Waals surface area (Å²) in [6.07, 6.45) is 4.85. The number of nitrogens with zero attached hydrogens (tertiary/aromatic N) is 3. The molecule has 30 heavy (non-hydrogen) atoms. The number of piperidine rings is 1. The van der Waals surface area contributed by atoms with E-state index in [1.54, 1.807) is 24.5 Å². The Balaban J connectivity index is 1.49. The standard InChI is InChI=1S/C21H26N4O4S/c1-24(2)30(28,29)19-5-3-17(4-6-19)20(26)23-15-16-9-13-25(14-10-16)21(27)18-7-11-22-12-8-18/h3-8,11-12,16H,9-10,13-15H2,1-2H3,(H,23,26). The third-order valence-electron chi connectivity index (χ3n) is 5.28. The lowest BCUT2D eigenvalue weighted by atomic mass is 9.96. The number of hydrogen-bond acceptors (Lipinski definition) is 5.